The lowest BCUT2D eigenvalue weighted by molar-refractivity contribution is -0.126. The van der Waals surface area contributed by atoms with E-state index in [0.29, 0.717) is 10.7 Å². The Morgan fingerprint density at radius 2 is 1.79 bits per heavy atom. The van der Waals surface area contributed by atoms with Gasteiger partial charge in [0.1, 0.15) is 24.0 Å². The Hall–Kier alpha value is -3.17. The standard InChI is InChI=1S/C19H17FN4O3S/c20-14-8-6-13(7-9-14)10-21-16(25)11-27-12-17-23-24-19(28-17)18(26)22-15-4-2-1-3-5-15/h1-9H,10-12H2,(H,21,25)(H,22,26). The maximum Gasteiger partial charge on any atom is 0.286 e. The van der Waals surface area contributed by atoms with Gasteiger partial charge in [-0.15, -0.1) is 10.2 Å². The van der Waals surface area contributed by atoms with Crippen LogP contribution in [0.4, 0.5) is 10.1 Å². The molecule has 2 amide bonds. The number of para-hydroxylation sites is 1. The van der Waals surface area contributed by atoms with Crippen molar-refractivity contribution in [3.8, 4) is 0 Å². The van der Waals surface area contributed by atoms with E-state index in [1.807, 2.05) is 18.2 Å². The molecule has 0 saturated carbocycles. The third-order valence-electron chi connectivity index (χ3n) is 3.55. The molecule has 0 fully saturated rings. The zero-order valence-corrected chi connectivity index (χ0v) is 15.5. The molecule has 2 aromatic carbocycles. The Morgan fingerprint density at radius 3 is 2.54 bits per heavy atom. The molecule has 144 valence electrons. The van der Waals surface area contributed by atoms with E-state index in [9.17, 15) is 14.0 Å². The maximum atomic E-state index is 12.8. The highest BCUT2D eigenvalue weighted by Gasteiger charge is 2.13. The van der Waals surface area contributed by atoms with Gasteiger partial charge in [-0.05, 0) is 29.8 Å². The average molecular weight is 400 g/mol. The van der Waals surface area contributed by atoms with Gasteiger partial charge in [0.15, 0.2) is 0 Å². The van der Waals surface area contributed by atoms with Crippen LogP contribution in [0.3, 0.4) is 0 Å². The molecular formula is C19H17FN4O3S. The first kappa shape index (κ1) is 19.6. The van der Waals surface area contributed by atoms with Crippen molar-refractivity contribution in [2.45, 2.75) is 13.2 Å². The topological polar surface area (TPSA) is 93.2 Å². The molecule has 0 aliphatic carbocycles. The lowest BCUT2D eigenvalue weighted by Crippen LogP contribution is -2.27. The minimum atomic E-state index is -0.355. The van der Waals surface area contributed by atoms with E-state index in [1.54, 1.807) is 24.3 Å². The zero-order valence-electron chi connectivity index (χ0n) is 14.7. The zero-order chi connectivity index (χ0) is 19.8. The Morgan fingerprint density at radius 1 is 1.04 bits per heavy atom. The first-order valence-electron chi connectivity index (χ1n) is 8.38. The van der Waals surface area contributed by atoms with E-state index >= 15 is 0 Å². The summed E-state index contributed by atoms with van der Waals surface area (Å²) in [7, 11) is 0. The molecule has 0 spiro atoms. The molecule has 0 bridgehead atoms. The van der Waals surface area contributed by atoms with Crippen LogP contribution in [0.2, 0.25) is 0 Å². The van der Waals surface area contributed by atoms with Crippen LogP contribution in [-0.2, 0) is 22.7 Å². The number of nitrogens with one attached hydrogen (secondary N) is 2. The minimum absolute atomic E-state index is 0.0697. The fourth-order valence-corrected chi connectivity index (χ4v) is 2.87. The molecule has 0 atom stereocenters. The molecule has 0 aliphatic rings. The van der Waals surface area contributed by atoms with Crippen LogP contribution in [-0.4, -0.2) is 28.6 Å². The summed E-state index contributed by atoms with van der Waals surface area (Å²) in [4.78, 5) is 23.9. The second-order valence-electron chi connectivity index (χ2n) is 5.72. The number of amides is 2. The highest BCUT2D eigenvalue weighted by molar-refractivity contribution is 7.13. The molecule has 3 rings (SSSR count). The monoisotopic (exact) mass is 400 g/mol. The Kier molecular flexibility index (Phi) is 6.77. The van der Waals surface area contributed by atoms with Crippen molar-refractivity contribution in [3.05, 3.63) is 76.0 Å². The summed E-state index contributed by atoms with van der Waals surface area (Å²) in [5.74, 6) is -0.991. The van der Waals surface area contributed by atoms with Crippen molar-refractivity contribution in [2.24, 2.45) is 0 Å². The van der Waals surface area contributed by atoms with Gasteiger partial charge in [-0.1, -0.05) is 41.7 Å². The van der Waals surface area contributed by atoms with Crippen LogP contribution in [0.15, 0.2) is 54.6 Å². The number of aromatic nitrogens is 2. The van der Waals surface area contributed by atoms with Gasteiger partial charge in [-0.25, -0.2) is 4.39 Å². The van der Waals surface area contributed by atoms with E-state index < -0.39 is 0 Å². The summed E-state index contributed by atoms with van der Waals surface area (Å²) in [5.41, 5.74) is 1.45. The number of halogens is 1. The maximum absolute atomic E-state index is 12.8. The number of anilines is 1. The van der Waals surface area contributed by atoms with Crippen LogP contribution < -0.4 is 10.6 Å². The second kappa shape index (κ2) is 9.67. The third-order valence-corrected chi connectivity index (χ3v) is 4.45. The summed E-state index contributed by atoms with van der Waals surface area (Å²) >= 11 is 1.10. The van der Waals surface area contributed by atoms with E-state index in [1.165, 1.54) is 12.1 Å². The van der Waals surface area contributed by atoms with Crippen molar-refractivity contribution in [2.75, 3.05) is 11.9 Å². The van der Waals surface area contributed by atoms with E-state index in [2.05, 4.69) is 20.8 Å². The predicted octanol–water partition coefficient (Wildman–Crippen LogP) is 2.76. The van der Waals surface area contributed by atoms with Crippen LogP contribution in [0.5, 0.6) is 0 Å². The van der Waals surface area contributed by atoms with E-state index in [0.717, 1.165) is 16.9 Å². The molecule has 0 aliphatic heterocycles. The lowest BCUT2D eigenvalue weighted by Gasteiger charge is -2.05. The van der Waals surface area contributed by atoms with Crippen molar-refractivity contribution >= 4 is 28.8 Å². The number of rotatable bonds is 8. The third kappa shape index (κ3) is 5.93. The first-order valence-corrected chi connectivity index (χ1v) is 9.19. The SMILES string of the molecule is O=C(COCc1nnc(C(=O)Nc2ccccc2)s1)NCc1ccc(F)cc1. The van der Waals surface area contributed by atoms with Crippen molar-refractivity contribution < 1.29 is 18.7 Å². The van der Waals surface area contributed by atoms with Gasteiger partial charge in [0.05, 0.1) is 0 Å². The quantitative estimate of drug-likeness (QED) is 0.607. The number of benzene rings is 2. The van der Waals surface area contributed by atoms with Gasteiger partial charge in [0.25, 0.3) is 5.91 Å². The fourth-order valence-electron chi connectivity index (χ4n) is 2.19. The minimum Gasteiger partial charge on any atom is -0.364 e. The van der Waals surface area contributed by atoms with Crippen LogP contribution in [0.1, 0.15) is 20.4 Å². The van der Waals surface area contributed by atoms with Crippen molar-refractivity contribution in [1.82, 2.24) is 15.5 Å². The van der Waals surface area contributed by atoms with Gasteiger partial charge in [0.2, 0.25) is 10.9 Å². The highest BCUT2D eigenvalue weighted by Crippen LogP contribution is 2.14. The molecule has 3 aromatic rings. The molecule has 2 N–H and O–H groups in total. The Labute approximate surface area is 164 Å². The Bertz CT molecular complexity index is 932. The van der Waals surface area contributed by atoms with Crippen LogP contribution >= 0.6 is 11.3 Å². The second-order valence-corrected chi connectivity index (χ2v) is 6.78. The summed E-state index contributed by atoms with van der Waals surface area (Å²) in [5, 5.41) is 13.8. The first-order chi connectivity index (χ1) is 13.6. The lowest BCUT2D eigenvalue weighted by atomic mass is 10.2. The number of hydrogen-bond acceptors (Lipinski definition) is 6. The summed E-state index contributed by atoms with van der Waals surface area (Å²) < 4.78 is 18.1. The predicted molar refractivity (Wildman–Crippen MR) is 102 cm³/mol. The largest absolute Gasteiger partial charge is 0.364 e. The number of carbonyl (C=O) groups excluding carboxylic acids is 2. The van der Waals surface area contributed by atoms with E-state index in [4.69, 9.17) is 4.74 Å². The van der Waals surface area contributed by atoms with Crippen molar-refractivity contribution in [3.63, 3.8) is 0 Å². The molecule has 0 radical (unpaired) electrons. The number of nitrogens with zero attached hydrogens (tertiary/aromatic N) is 2. The molecule has 28 heavy (non-hydrogen) atoms. The smallest absolute Gasteiger partial charge is 0.286 e. The number of carbonyl (C=O) groups is 2. The van der Waals surface area contributed by atoms with Gasteiger partial charge in [-0.3, -0.25) is 9.59 Å². The summed E-state index contributed by atoms with van der Waals surface area (Å²) in [6.07, 6.45) is 0. The molecule has 0 saturated heterocycles. The molecule has 1 heterocycles. The summed E-state index contributed by atoms with van der Waals surface area (Å²) in [6.45, 7) is 0.192. The normalized spacial score (nSPS) is 10.5. The number of ether oxygens (including phenoxy) is 1. The highest BCUT2D eigenvalue weighted by atomic mass is 32.1. The molecule has 0 unspecified atom stereocenters. The molecule has 7 nitrogen and oxygen atoms in total. The fraction of sp³-hybridized carbons (Fsp3) is 0.158. The number of hydrogen-bond donors (Lipinski definition) is 2. The van der Waals surface area contributed by atoms with Gasteiger partial charge >= 0.3 is 0 Å². The van der Waals surface area contributed by atoms with Gasteiger partial charge in [0, 0.05) is 12.2 Å². The Balaban J connectivity index is 1.39. The van der Waals surface area contributed by atoms with Gasteiger partial charge < -0.3 is 15.4 Å². The van der Waals surface area contributed by atoms with Crippen molar-refractivity contribution in [1.29, 1.82) is 0 Å². The molecular weight excluding hydrogens is 383 g/mol. The van der Waals surface area contributed by atoms with Crippen LogP contribution in [0.25, 0.3) is 0 Å². The molecule has 9 heteroatoms. The van der Waals surface area contributed by atoms with Gasteiger partial charge in [-0.2, -0.15) is 0 Å². The van der Waals surface area contributed by atoms with E-state index in [-0.39, 0.29) is 42.4 Å². The van der Waals surface area contributed by atoms with Crippen LogP contribution in [0, 0.1) is 5.82 Å². The molecule has 1 aromatic heterocycles. The summed E-state index contributed by atoms with van der Waals surface area (Å²) in [6, 6.07) is 14.9. The average Bonchev–Trinajstić information content (AvgIpc) is 3.17.